The van der Waals surface area contributed by atoms with Gasteiger partial charge in [-0.05, 0) is 61.1 Å². The van der Waals surface area contributed by atoms with Gasteiger partial charge >= 0.3 is 0 Å². The van der Waals surface area contributed by atoms with Gasteiger partial charge in [-0.25, -0.2) is 0 Å². The standard InChI is InChI=1S/C19H25BrN2O/c20-17-6-2-3-12-7-8-22(11-16(12)17)19(23)15-9-13-4-1-5-14(10-15)18(13)21/h2-3,6,13-15,18H,1,4-5,7-11,21H2. The lowest BCUT2D eigenvalue weighted by molar-refractivity contribution is -0.139. The van der Waals surface area contributed by atoms with Crippen LogP contribution in [0.1, 0.15) is 43.2 Å². The van der Waals surface area contributed by atoms with E-state index in [1.807, 2.05) is 0 Å². The molecule has 124 valence electrons. The summed E-state index contributed by atoms with van der Waals surface area (Å²) >= 11 is 3.65. The molecule has 0 radical (unpaired) electrons. The van der Waals surface area contributed by atoms with Gasteiger partial charge in [-0.2, -0.15) is 0 Å². The summed E-state index contributed by atoms with van der Waals surface area (Å²) in [5.74, 6) is 1.71. The highest BCUT2D eigenvalue weighted by Gasteiger charge is 2.41. The Morgan fingerprint density at radius 1 is 1.22 bits per heavy atom. The van der Waals surface area contributed by atoms with Gasteiger partial charge in [0.2, 0.25) is 5.91 Å². The van der Waals surface area contributed by atoms with Crippen LogP contribution in [0.2, 0.25) is 0 Å². The van der Waals surface area contributed by atoms with Gasteiger partial charge in [0.1, 0.15) is 0 Å². The van der Waals surface area contributed by atoms with E-state index in [-0.39, 0.29) is 5.92 Å². The van der Waals surface area contributed by atoms with Gasteiger partial charge < -0.3 is 10.6 Å². The van der Waals surface area contributed by atoms with Crippen LogP contribution in [0.4, 0.5) is 0 Å². The third-order valence-electron chi connectivity index (χ3n) is 6.29. The van der Waals surface area contributed by atoms with Crippen molar-refractivity contribution in [1.29, 1.82) is 0 Å². The molecule has 0 saturated heterocycles. The number of rotatable bonds is 1. The Labute approximate surface area is 146 Å². The van der Waals surface area contributed by atoms with Crippen molar-refractivity contribution in [3.63, 3.8) is 0 Å². The van der Waals surface area contributed by atoms with Crippen molar-refractivity contribution in [2.24, 2.45) is 23.5 Å². The molecule has 3 aliphatic rings. The molecule has 2 saturated carbocycles. The van der Waals surface area contributed by atoms with Crippen LogP contribution >= 0.6 is 15.9 Å². The van der Waals surface area contributed by atoms with Crippen LogP contribution in [-0.2, 0) is 17.8 Å². The van der Waals surface area contributed by atoms with Gasteiger partial charge in [-0.15, -0.1) is 0 Å². The van der Waals surface area contributed by atoms with E-state index >= 15 is 0 Å². The summed E-state index contributed by atoms with van der Waals surface area (Å²) in [6.45, 7) is 1.62. The third kappa shape index (κ3) is 2.85. The number of halogens is 1. The van der Waals surface area contributed by atoms with Gasteiger partial charge in [0, 0.05) is 29.5 Å². The molecule has 4 rings (SSSR count). The fourth-order valence-electron chi connectivity index (χ4n) is 4.98. The Morgan fingerprint density at radius 3 is 2.70 bits per heavy atom. The van der Waals surface area contributed by atoms with Crippen LogP contribution in [0.15, 0.2) is 22.7 Å². The molecule has 23 heavy (non-hydrogen) atoms. The topological polar surface area (TPSA) is 46.3 Å². The van der Waals surface area contributed by atoms with E-state index in [1.165, 1.54) is 30.4 Å². The molecule has 2 bridgehead atoms. The molecule has 1 heterocycles. The van der Waals surface area contributed by atoms with Crippen molar-refractivity contribution in [3.8, 4) is 0 Å². The molecule has 1 aliphatic heterocycles. The Balaban J connectivity index is 1.49. The number of nitrogens with two attached hydrogens (primary N) is 1. The first-order valence-electron chi connectivity index (χ1n) is 8.94. The quantitative estimate of drug-likeness (QED) is 0.815. The lowest BCUT2D eigenvalue weighted by Gasteiger charge is -2.45. The molecule has 1 aromatic rings. The normalized spacial score (nSPS) is 33.2. The monoisotopic (exact) mass is 376 g/mol. The van der Waals surface area contributed by atoms with E-state index in [4.69, 9.17) is 5.73 Å². The lowest BCUT2D eigenvalue weighted by atomic mass is 9.65. The maximum Gasteiger partial charge on any atom is 0.226 e. The Bertz CT molecular complexity index is 603. The Hall–Kier alpha value is -0.870. The number of hydrogen-bond donors (Lipinski definition) is 1. The van der Waals surface area contributed by atoms with Crippen molar-refractivity contribution >= 4 is 21.8 Å². The number of nitrogens with zero attached hydrogens (tertiary/aromatic N) is 1. The fraction of sp³-hybridized carbons (Fsp3) is 0.632. The molecule has 0 aromatic heterocycles. The number of amides is 1. The van der Waals surface area contributed by atoms with E-state index in [9.17, 15) is 4.79 Å². The summed E-state index contributed by atoms with van der Waals surface area (Å²) in [5, 5.41) is 0. The average Bonchev–Trinajstić information content (AvgIpc) is 2.54. The van der Waals surface area contributed by atoms with Crippen LogP contribution < -0.4 is 5.73 Å². The Kier molecular flexibility index (Phi) is 4.22. The number of carbonyl (C=O) groups is 1. The van der Waals surface area contributed by atoms with E-state index in [1.54, 1.807) is 0 Å². The first kappa shape index (κ1) is 15.6. The summed E-state index contributed by atoms with van der Waals surface area (Å²) in [7, 11) is 0. The maximum atomic E-state index is 13.1. The molecular formula is C19H25BrN2O. The molecule has 3 nitrogen and oxygen atoms in total. The minimum atomic E-state index is 0.203. The largest absolute Gasteiger partial charge is 0.338 e. The first-order chi connectivity index (χ1) is 11.1. The predicted octanol–water partition coefficient (Wildman–Crippen LogP) is 3.49. The molecule has 1 aromatic carbocycles. The van der Waals surface area contributed by atoms with E-state index in [0.717, 1.165) is 36.8 Å². The van der Waals surface area contributed by atoms with Gasteiger partial charge in [0.25, 0.3) is 0 Å². The minimum Gasteiger partial charge on any atom is -0.338 e. The maximum absolute atomic E-state index is 13.1. The van der Waals surface area contributed by atoms with Gasteiger partial charge in [0.05, 0.1) is 0 Å². The molecular weight excluding hydrogens is 352 g/mol. The summed E-state index contributed by atoms with van der Waals surface area (Å²) in [6, 6.07) is 6.69. The molecule has 2 aliphatic carbocycles. The molecule has 2 atom stereocenters. The van der Waals surface area contributed by atoms with E-state index < -0.39 is 0 Å². The van der Waals surface area contributed by atoms with Crippen molar-refractivity contribution < 1.29 is 4.79 Å². The second kappa shape index (κ2) is 6.21. The lowest BCUT2D eigenvalue weighted by Crippen LogP contribution is -2.50. The highest BCUT2D eigenvalue weighted by atomic mass is 79.9. The van der Waals surface area contributed by atoms with Crippen molar-refractivity contribution in [2.45, 2.75) is 51.1 Å². The molecule has 2 fully saturated rings. The van der Waals surface area contributed by atoms with Crippen LogP contribution in [0.5, 0.6) is 0 Å². The number of benzene rings is 1. The van der Waals surface area contributed by atoms with Crippen molar-refractivity contribution in [1.82, 2.24) is 4.90 Å². The average molecular weight is 377 g/mol. The molecule has 0 spiro atoms. The fourth-order valence-corrected chi connectivity index (χ4v) is 5.51. The smallest absolute Gasteiger partial charge is 0.226 e. The summed E-state index contributed by atoms with van der Waals surface area (Å²) in [4.78, 5) is 15.2. The summed E-state index contributed by atoms with van der Waals surface area (Å²) in [5.41, 5.74) is 9.05. The third-order valence-corrected chi connectivity index (χ3v) is 7.03. The molecule has 2 N–H and O–H groups in total. The molecule has 4 heteroatoms. The second-order valence-electron chi connectivity index (χ2n) is 7.58. The molecule has 2 unspecified atom stereocenters. The highest BCUT2D eigenvalue weighted by molar-refractivity contribution is 9.10. The predicted molar refractivity (Wildman–Crippen MR) is 94.8 cm³/mol. The van der Waals surface area contributed by atoms with Crippen molar-refractivity contribution in [3.05, 3.63) is 33.8 Å². The van der Waals surface area contributed by atoms with Gasteiger partial charge in [-0.1, -0.05) is 34.5 Å². The first-order valence-corrected chi connectivity index (χ1v) is 9.73. The zero-order valence-corrected chi connectivity index (χ0v) is 15.1. The highest BCUT2D eigenvalue weighted by Crippen LogP contribution is 2.42. The van der Waals surface area contributed by atoms with Crippen LogP contribution in [0, 0.1) is 17.8 Å². The molecule has 1 amide bonds. The second-order valence-corrected chi connectivity index (χ2v) is 8.44. The van der Waals surface area contributed by atoms with Crippen molar-refractivity contribution in [2.75, 3.05) is 6.54 Å². The zero-order chi connectivity index (χ0) is 16.0. The van der Waals surface area contributed by atoms with E-state index in [0.29, 0.717) is 23.8 Å². The van der Waals surface area contributed by atoms with E-state index in [2.05, 4.69) is 39.0 Å². The zero-order valence-electron chi connectivity index (χ0n) is 13.5. The van der Waals surface area contributed by atoms with Crippen LogP contribution in [0.25, 0.3) is 0 Å². The van der Waals surface area contributed by atoms with Gasteiger partial charge in [-0.3, -0.25) is 4.79 Å². The SMILES string of the molecule is NC1C2CCCC1CC(C(=O)N1CCc3cccc(Br)c3C1)C2. The number of fused-ring (bicyclic) bond motifs is 3. The Morgan fingerprint density at radius 2 is 1.96 bits per heavy atom. The minimum absolute atomic E-state index is 0.203. The number of hydrogen-bond acceptors (Lipinski definition) is 2. The van der Waals surface area contributed by atoms with Crippen LogP contribution in [-0.4, -0.2) is 23.4 Å². The van der Waals surface area contributed by atoms with Crippen LogP contribution in [0.3, 0.4) is 0 Å². The number of carbonyl (C=O) groups excluding carboxylic acids is 1. The van der Waals surface area contributed by atoms with Gasteiger partial charge in [0.15, 0.2) is 0 Å². The summed E-state index contributed by atoms with van der Waals surface area (Å²) in [6.07, 6.45) is 6.73. The summed E-state index contributed by atoms with van der Waals surface area (Å²) < 4.78 is 1.13.